The molecule has 1 aromatic heterocycles. The Bertz CT molecular complexity index is 1770. The minimum absolute atomic E-state index is 0.254. The Morgan fingerprint density at radius 2 is 1.88 bits per heavy atom. The molecule has 2 aliphatic rings. The van der Waals surface area contributed by atoms with E-state index in [2.05, 4.69) is 38.7 Å². The zero-order chi connectivity index (χ0) is 30.0. The number of hydrogen-bond acceptors (Lipinski definition) is 8. The predicted molar refractivity (Wildman–Crippen MR) is 161 cm³/mol. The molecule has 1 saturated carbocycles. The molecule has 210 valence electrons. The topological polar surface area (TPSA) is 112 Å². The van der Waals surface area contributed by atoms with Gasteiger partial charge in [0.2, 0.25) is 0 Å². The molecule has 0 unspecified atom stereocenters. The summed E-state index contributed by atoms with van der Waals surface area (Å²) in [7, 11) is 0. The summed E-state index contributed by atoms with van der Waals surface area (Å²) in [4.78, 5) is 4.47. The van der Waals surface area contributed by atoms with E-state index in [1.165, 1.54) is 18.3 Å². The fourth-order valence-electron chi connectivity index (χ4n) is 5.02. The van der Waals surface area contributed by atoms with Crippen LogP contribution in [0, 0.1) is 28.5 Å². The third-order valence-corrected chi connectivity index (χ3v) is 7.60. The Morgan fingerprint density at radius 3 is 2.60 bits per heavy atom. The molecule has 1 aliphatic carbocycles. The van der Waals surface area contributed by atoms with E-state index in [9.17, 15) is 16.3 Å². The maximum absolute atomic E-state index is 13.9. The van der Waals surface area contributed by atoms with Crippen molar-refractivity contribution in [2.45, 2.75) is 43.8 Å². The van der Waals surface area contributed by atoms with Gasteiger partial charge in [0.25, 0.3) is 0 Å². The number of halogens is 2. The van der Waals surface area contributed by atoms with E-state index in [-0.39, 0.29) is 6.04 Å². The lowest BCUT2D eigenvalue weighted by molar-refractivity contribution is 0.260. The van der Waals surface area contributed by atoms with Gasteiger partial charge in [-0.2, -0.15) is 10.5 Å². The van der Waals surface area contributed by atoms with Gasteiger partial charge in [0, 0.05) is 35.9 Å². The predicted octanol–water partition coefficient (Wildman–Crippen LogP) is 6.84. The van der Waals surface area contributed by atoms with E-state index < -0.39 is 11.8 Å². The van der Waals surface area contributed by atoms with Crippen LogP contribution < -0.4 is 21.6 Å². The molecule has 42 heavy (non-hydrogen) atoms. The minimum Gasteiger partial charge on any atom is -0.377 e. The fraction of sp³-hybridized carbons (Fsp3) is 0.219. The average molecular weight is 580 g/mol. The van der Waals surface area contributed by atoms with Crippen LogP contribution in [0.2, 0.25) is 5.02 Å². The molecule has 1 fully saturated rings. The van der Waals surface area contributed by atoms with E-state index >= 15 is 0 Å². The molecule has 0 spiro atoms. The highest BCUT2D eigenvalue weighted by Gasteiger charge is 2.32. The van der Waals surface area contributed by atoms with Crippen molar-refractivity contribution in [3.8, 4) is 12.1 Å². The van der Waals surface area contributed by atoms with Crippen LogP contribution in [0.4, 0.5) is 15.8 Å². The van der Waals surface area contributed by atoms with Gasteiger partial charge in [0.15, 0.2) is 0 Å². The Hall–Kier alpha value is -4.83. The monoisotopic (exact) mass is 579 g/mol. The SMILES string of the molecule is [2H][C@](Nc1cc(Cl)c2ncc(C#N)c(N[C@@H](CCC#N)c3ccccc3)c2c1)(C1=CN(C2CC2)NN1)c1ccc(F)cc1. The summed E-state index contributed by atoms with van der Waals surface area (Å²) in [6, 6.07) is 22.0. The van der Waals surface area contributed by atoms with Crippen LogP contribution in [0.3, 0.4) is 0 Å². The van der Waals surface area contributed by atoms with Crippen molar-refractivity contribution < 1.29 is 5.76 Å². The first-order valence-electron chi connectivity index (χ1n) is 14.2. The lowest BCUT2D eigenvalue weighted by Gasteiger charge is -2.24. The van der Waals surface area contributed by atoms with Gasteiger partial charge in [-0.3, -0.25) is 9.99 Å². The first-order valence-corrected chi connectivity index (χ1v) is 14.0. The Morgan fingerprint density at radius 1 is 1.10 bits per heavy atom. The highest BCUT2D eigenvalue weighted by atomic mass is 35.5. The second-order valence-corrected chi connectivity index (χ2v) is 10.6. The van der Waals surface area contributed by atoms with Crippen LogP contribution >= 0.6 is 11.6 Å². The van der Waals surface area contributed by atoms with Crippen LogP contribution in [0.15, 0.2) is 84.8 Å². The maximum Gasteiger partial charge on any atom is 0.123 e. The number of rotatable bonds is 10. The van der Waals surface area contributed by atoms with Crippen LogP contribution in [-0.2, 0) is 0 Å². The average Bonchev–Trinajstić information content (AvgIpc) is 3.75. The second kappa shape index (κ2) is 12.0. The van der Waals surface area contributed by atoms with Gasteiger partial charge in [-0.25, -0.2) is 4.39 Å². The molecule has 0 amide bonds. The third-order valence-electron chi connectivity index (χ3n) is 7.31. The molecule has 3 aromatic carbocycles. The van der Waals surface area contributed by atoms with Crippen molar-refractivity contribution in [2.24, 2.45) is 0 Å². The van der Waals surface area contributed by atoms with E-state index in [0.717, 1.165) is 18.4 Å². The fourth-order valence-corrected chi connectivity index (χ4v) is 5.29. The number of nitrogens with one attached hydrogen (secondary N) is 4. The van der Waals surface area contributed by atoms with Gasteiger partial charge in [0.1, 0.15) is 11.9 Å². The van der Waals surface area contributed by atoms with Crippen LogP contribution in [-0.4, -0.2) is 16.0 Å². The molecular weight excluding hydrogens is 551 g/mol. The zero-order valence-electron chi connectivity index (χ0n) is 23.5. The van der Waals surface area contributed by atoms with E-state index in [0.29, 0.717) is 63.0 Å². The summed E-state index contributed by atoms with van der Waals surface area (Å²) >= 11 is 6.78. The molecule has 2 atom stereocenters. The number of anilines is 2. The summed E-state index contributed by atoms with van der Waals surface area (Å²) in [6.07, 6.45) is 6.27. The smallest absolute Gasteiger partial charge is 0.123 e. The van der Waals surface area contributed by atoms with Gasteiger partial charge in [-0.1, -0.05) is 54.1 Å². The van der Waals surface area contributed by atoms with Gasteiger partial charge in [0.05, 0.1) is 47.0 Å². The second-order valence-electron chi connectivity index (χ2n) is 10.2. The van der Waals surface area contributed by atoms with E-state index in [1.807, 2.05) is 41.5 Å². The van der Waals surface area contributed by atoms with Crippen molar-refractivity contribution in [2.75, 3.05) is 10.6 Å². The number of hydrazine groups is 2. The lowest BCUT2D eigenvalue weighted by Crippen LogP contribution is -2.38. The first kappa shape index (κ1) is 26.1. The van der Waals surface area contributed by atoms with Crippen molar-refractivity contribution in [3.63, 3.8) is 0 Å². The summed E-state index contributed by atoms with van der Waals surface area (Å²) in [5, 5.41) is 29.0. The van der Waals surface area contributed by atoms with Crippen molar-refractivity contribution >= 4 is 33.9 Å². The molecule has 6 rings (SSSR count). The molecule has 4 aromatic rings. The molecule has 4 N–H and O–H groups in total. The molecule has 0 radical (unpaired) electrons. The normalized spacial score (nSPS) is 16.8. The van der Waals surface area contributed by atoms with Gasteiger partial charge in [-0.15, -0.1) is 5.53 Å². The Balaban J connectivity index is 1.44. The molecular formula is C32H28ClFN8. The van der Waals surface area contributed by atoms with Gasteiger partial charge >= 0.3 is 0 Å². The number of benzene rings is 3. The van der Waals surface area contributed by atoms with E-state index in [1.54, 1.807) is 24.3 Å². The standard InChI is InChI=1S/C32H28ClFN8/c33-27-16-24(38-31(21-8-10-23(34)11-9-21)29-19-42(41-40-29)25-12-13-25)15-26-30(22(17-36)18-37-32(26)27)39-28(7-4-14-35)20-5-2-1-3-6-20/h1-3,5-6,8-11,15-16,18-19,25,28,31,38,40-41H,4,7,12-13H2,(H,37,39)/t28-,31+/m0/s1/i31D. The number of fused-ring (bicyclic) bond motifs is 1. The number of nitriles is 2. The highest BCUT2D eigenvalue weighted by Crippen LogP contribution is 2.38. The first-order chi connectivity index (χ1) is 20.9. The molecule has 0 bridgehead atoms. The van der Waals surface area contributed by atoms with Crippen LogP contribution in [0.5, 0.6) is 0 Å². The molecule has 10 heteroatoms. The molecule has 0 saturated heterocycles. The summed E-state index contributed by atoms with van der Waals surface area (Å²) in [5.74, 6) is -0.402. The van der Waals surface area contributed by atoms with Crippen molar-refractivity contribution in [3.05, 3.63) is 112 Å². The van der Waals surface area contributed by atoms with Gasteiger partial charge in [-0.05, 0) is 54.7 Å². The molecule has 1 aliphatic heterocycles. The van der Waals surface area contributed by atoms with Crippen molar-refractivity contribution in [1.29, 1.82) is 10.5 Å². The highest BCUT2D eigenvalue weighted by molar-refractivity contribution is 6.35. The summed E-state index contributed by atoms with van der Waals surface area (Å²) in [6.45, 7) is 0. The van der Waals surface area contributed by atoms with Gasteiger partial charge < -0.3 is 16.1 Å². The molecule has 8 nitrogen and oxygen atoms in total. The largest absolute Gasteiger partial charge is 0.377 e. The number of nitrogens with zero attached hydrogens (tertiary/aromatic N) is 4. The summed E-state index contributed by atoms with van der Waals surface area (Å²) < 4.78 is 23.5. The van der Waals surface area contributed by atoms with Crippen molar-refractivity contribution in [1.82, 2.24) is 21.0 Å². The molecule has 2 heterocycles. The minimum atomic E-state index is -1.56. The van der Waals surface area contributed by atoms with Crippen LogP contribution in [0.1, 0.15) is 55.8 Å². The lowest BCUT2D eigenvalue weighted by atomic mass is 10.00. The number of aromatic nitrogens is 1. The number of hydrogen-bond donors (Lipinski definition) is 4. The quantitative estimate of drug-likeness (QED) is 0.162. The maximum atomic E-state index is 13.9. The Labute approximate surface area is 249 Å². The van der Waals surface area contributed by atoms with Crippen LogP contribution in [0.25, 0.3) is 10.9 Å². The third kappa shape index (κ3) is 5.80. The number of pyridine rings is 1. The Kier molecular flexibility index (Phi) is 7.43. The van der Waals surface area contributed by atoms with E-state index in [4.69, 9.17) is 11.6 Å². The summed E-state index contributed by atoms with van der Waals surface area (Å²) in [5.41, 5.74) is 10.1. The zero-order valence-corrected chi connectivity index (χ0v) is 23.3.